The van der Waals surface area contributed by atoms with Crippen LogP contribution in [0.4, 0.5) is 4.79 Å². The molecule has 0 bridgehead atoms. The van der Waals surface area contributed by atoms with E-state index in [1.54, 1.807) is 18.3 Å². The summed E-state index contributed by atoms with van der Waals surface area (Å²) in [6.45, 7) is 6.95. The number of nitrogens with one attached hydrogen (secondary N) is 2. The fraction of sp³-hybridized carbons (Fsp3) is 0.357. The highest BCUT2D eigenvalue weighted by Gasteiger charge is 2.48. The molecule has 2 aromatic rings. The van der Waals surface area contributed by atoms with Crippen LogP contribution in [0, 0.1) is 11.8 Å². The number of likely N-dealkylation sites (tertiary alicyclic amines) is 1. The Labute approximate surface area is 215 Å². The van der Waals surface area contributed by atoms with Gasteiger partial charge in [0.15, 0.2) is 0 Å². The minimum atomic E-state index is -1.58. The Bertz CT molecular complexity index is 1320. The Hall–Kier alpha value is -4.16. The number of benzene rings is 1. The van der Waals surface area contributed by atoms with Crippen molar-refractivity contribution in [1.29, 1.82) is 0 Å². The fourth-order valence-corrected chi connectivity index (χ4v) is 5.11. The molecule has 1 aromatic heterocycles. The Morgan fingerprint density at radius 2 is 1.97 bits per heavy atom. The molecule has 9 nitrogen and oxygen atoms in total. The normalized spacial score (nSPS) is 21.1. The van der Waals surface area contributed by atoms with Crippen molar-refractivity contribution in [2.45, 2.75) is 37.9 Å². The summed E-state index contributed by atoms with van der Waals surface area (Å²) < 4.78 is 5.37. The first-order chi connectivity index (χ1) is 17.9. The summed E-state index contributed by atoms with van der Waals surface area (Å²) in [4.78, 5) is 46.8. The molecule has 1 atom stereocenters. The van der Waals surface area contributed by atoms with E-state index >= 15 is 0 Å². The van der Waals surface area contributed by atoms with Crippen molar-refractivity contribution < 1.29 is 19.1 Å². The van der Waals surface area contributed by atoms with Gasteiger partial charge in [-0.15, -0.1) is 0 Å². The van der Waals surface area contributed by atoms with E-state index in [0.29, 0.717) is 22.4 Å². The first-order valence-corrected chi connectivity index (χ1v) is 12.4. The van der Waals surface area contributed by atoms with Crippen LogP contribution in [0.5, 0.6) is 5.75 Å². The first-order valence-electron chi connectivity index (χ1n) is 12.4. The Morgan fingerprint density at radius 1 is 1.16 bits per heavy atom. The number of methoxy groups -OCH3 is 1. The molecule has 4 amide bonds. The highest BCUT2D eigenvalue weighted by atomic mass is 16.5. The van der Waals surface area contributed by atoms with Gasteiger partial charge in [0, 0.05) is 30.4 Å². The lowest BCUT2D eigenvalue weighted by molar-refractivity contribution is -0.122. The van der Waals surface area contributed by atoms with Crippen LogP contribution in [0.15, 0.2) is 37.0 Å². The van der Waals surface area contributed by atoms with Crippen molar-refractivity contribution in [3.8, 4) is 17.6 Å². The molecule has 9 heteroatoms. The molecule has 2 N–H and O–H groups in total. The number of nitrogens with zero attached hydrogens (tertiary/aromatic N) is 3. The lowest BCUT2D eigenvalue weighted by atomic mass is 9.99. The SMILES string of the molecule is C=Cc1c(OC)ccc2c1C(=O)N(C[C@@]1(C#Cc3ccc(CN4CCCCC4)nc3)NC(=O)NC1=O)C2. The molecule has 2 saturated heterocycles. The van der Waals surface area contributed by atoms with Crippen LogP contribution < -0.4 is 15.4 Å². The monoisotopic (exact) mass is 499 g/mol. The van der Waals surface area contributed by atoms with E-state index in [1.165, 1.54) is 31.3 Å². The third kappa shape index (κ3) is 4.80. The van der Waals surface area contributed by atoms with Gasteiger partial charge in [0.25, 0.3) is 11.8 Å². The number of urea groups is 1. The van der Waals surface area contributed by atoms with Gasteiger partial charge in [-0.1, -0.05) is 37.0 Å². The molecule has 2 fully saturated rings. The molecule has 3 aliphatic rings. The van der Waals surface area contributed by atoms with Gasteiger partial charge in [-0.2, -0.15) is 0 Å². The maximum atomic E-state index is 13.4. The van der Waals surface area contributed by atoms with Crippen LogP contribution >= 0.6 is 0 Å². The van der Waals surface area contributed by atoms with Crippen LogP contribution in [-0.2, 0) is 17.9 Å². The summed E-state index contributed by atoms with van der Waals surface area (Å²) in [6.07, 6.45) is 6.97. The number of pyridine rings is 1. The number of piperidine rings is 1. The zero-order valence-electron chi connectivity index (χ0n) is 20.8. The predicted octanol–water partition coefficient (Wildman–Crippen LogP) is 2.30. The van der Waals surface area contributed by atoms with Gasteiger partial charge in [0.1, 0.15) is 5.75 Å². The third-order valence-corrected chi connectivity index (χ3v) is 7.03. The van der Waals surface area contributed by atoms with Crippen molar-refractivity contribution >= 4 is 23.9 Å². The van der Waals surface area contributed by atoms with Crippen molar-refractivity contribution in [3.05, 3.63) is 65.0 Å². The molecule has 1 aromatic carbocycles. The smallest absolute Gasteiger partial charge is 0.323 e. The number of amides is 4. The number of carbonyl (C=O) groups excluding carboxylic acids is 3. The first kappa shape index (κ1) is 24.5. The van der Waals surface area contributed by atoms with Gasteiger partial charge in [-0.3, -0.25) is 24.8 Å². The quantitative estimate of drug-likeness (QED) is 0.467. The van der Waals surface area contributed by atoms with E-state index in [1.807, 2.05) is 18.2 Å². The van der Waals surface area contributed by atoms with Gasteiger partial charge < -0.3 is 15.0 Å². The van der Waals surface area contributed by atoms with Gasteiger partial charge in [0.05, 0.1) is 24.9 Å². The number of aromatic nitrogens is 1. The number of ether oxygens (including phenoxy) is 1. The van der Waals surface area contributed by atoms with E-state index in [0.717, 1.165) is 30.9 Å². The molecule has 0 aliphatic carbocycles. The van der Waals surface area contributed by atoms with Crippen LogP contribution in [-0.4, -0.2) is 64.9 Å². The van der Waals surface area contributed by atoms with E-state index < -0.39 is 17.5 Å². The molecule has 5 rings (SSSR count). The fourth-order valence-electron chi connectivity index (χ4n) is 5.11. The van der Waals surface area contributed by atoms with Gasteiger partial charge in [-0.05, 0) is 49.7 Å². The Kier molecular flexibility index (Phi) is 6.68. The molecular weight excluding hydrogens is 470 g/mol. The van der Waals surface area contributed by atoms with Crippen molar-refractivity contribution in [2.24, 2.45) is 0 Å². The summed E-state index contributed by atoms with van der Waals surface area (Å²) in [7, 11) is 1.53. The summed E-state index contributed by atoms with van der Waals surface area (Å²) in [6, 6.07) is 6.76. The number of rotatable bonds is 6. The second-order valence-corrected chi connectivity index (χ2v) is 9.52. The van der Waals surface area contributed by atoms with E-state index in [9.17, 15) is 14.4 Å². The Morgan fingerprint density at radius 3 is 2.62 bits per heavy atom. The maximum absolute atomic E-state index is 13.4. The molecule has 0 spiro atoms. The summed E-state index contributed by atoms with van der Waals surface area (Å²) in [5.41, 5.74) is 1.87. The van der Waals surface area contributed by atoms with Crippen LogP contribution in [0.25, 0.3) is 6.08 Å². The highest BCUT2D eigenvalue weighted by Crippen LogP contribution is 2.34. The van der Waals surface area contributed by atoms with Crippen LogP contribution in [0.3, 0.4) is 0 Å². The largest absolute Gasteiger partial charge is 0.496 e. The number of imide groups is 1. The maximum Gasteiger partial charge on any atom is 0.323 e. The molecule has 4 heterocycles. The second kappa shape index (κ2) is 10.1. The minimum Gasteiger partial charge on any atom is -0.496 e. The molecule has 190 valence electrons. The number of carbonyl (C=O) groups is 3. The topological polar surface area (TPSA) is 104 Å². The molecule has 3 aliphatic heterocycles. The lowest BCUT2D eigenvalue weighted by Gasteiger charge is -2.26. The number of fused-ring (bicyclic) bond motifs is 1. The molecule has 0 radical (unpaired) electrons. The van der Waals surface area contributed by atoms with E-state index in [-0.39, 0.29) is 19.0 Å². The number of hydrogen-bond acceptors (Lipinski definition) is 6. The van der Waals surface area contributed by atoms with Crippen molar-refractivity contribution in [1.82, 2.24) is 25.4 Å². The minimum absolute atomic E-state index is 0.107. The average molecular weight is 500 g/mol. The van der Waals surface area contributed by atoms with E-state index in [4.69, 9.17) is 4.74 Å². The molecular formula is C28H29N5O4. The average Bonchev–Trinajstić information content (AvgIpc) is 3.37. The Balaban J connectivity index is 1.37. The lowest BCUT2D eigenvalue weighted by Crippen LogP contribution is -2.54. The standard InChI is InChI=1S/C28H29N5O4/c1-3-22-23(37-2)10-8-20-16-33(25(34)24(20)22)18-28(26(35)30-27(36)31-28)12-11-19-7-9-21(29-15-19)17-32-13-5-4-6-14-32/h3,7-10,15H,1,4-6,13-14,16-18H2,2H3,(H2,30,31,35,36)/t28-/m1/s1. The van der Waals surface area contributed by atoms with Crippen molar-refractivity contribution in [3.63, 3.8) is 0 Å². The second-order valence-electron chi connectivity index (χ2n) is 9.52. The summed E-state index contributed by atoms with van der Waals surface area (Å²) in [5, 5.41) is 4.90. The zero-order valence-corrected chi connectivity index (χ0v) is 20.8. The molecule has 0 saturated carbocycles. The van der Waals surface area contributed by atoms with Crippen molar-refractivity contribution in [2.75, 3.05) is 26.7 Å². The predicted molar refractivity (Wildman–Crippen MR) is 137 cm³/mol. The molecule has 0 unspecified atom stereocenters. The highest BCUT2D eigenvalue weighted by molar-refractivity contribution is 6.10. The third-order valence-electron chi connectivity index (χ3n) is 7.03. The zero-order chi connectivity index (χ0) is 26.0. The van der Waals surface area contributed by atoms with Gasteiger partial charge in [0.2, 0.25) is 5.54 Å². The van der Waals surface area contributed by atoms with Crippen LogP contribution in [0.1, 0.15) is 52.0 Å². The summed E-state index contributed by atoms with van der Waals surface area (Å²) >= 11 is 0. The van der Waals surface area contributed by atoms with E-state index in [2.05, 4.69) is 38.9 Å². The van der Waals surface area contributed by atoms with Crippen LogP contribution in [0.2, 0.25) is 0 Å². The van der Waals surface area contributed by atoms with Gasteiger partial charge >= 0.3 is 6.03 Å². The van der Waals surface area contributed by atoms with Gasteiger partial charge in [-0.25, -0.2) is 4.79 Å². The summed E-state index contributed by atoms with van der Waals surface area (Å²) in [5.74, 6) is 5.59. The molecule has 37 heavy (non-hydrogen) atoms. The number of hydrogen-bond donors (Lipinski definition) is 2.